The van der Waals surface area contributed by atoms with Crippen molar-refractivity contribution in [1.82, 2.24) is 25.9 Å². The van der Waals surface area contributed by atoms with E-state index in [0.717, 1.165) is 35.2 Å². The first kappa shape index (κ1) is 24.3. The van der Waals surface area contributed by atoms with Crippen LogP contribution in [-0.2, 0) is 22.6 Å². The van der Waals surface area contributed by atoms with Gasteiger partial charge < -0.3 is 20.9 Å². The van der Waals surface area contributed by atoms with Crippen molar-refractivity contribution < 1.29 is 18.4 Å². The van der Waals surface area contributed by atoms with Crippen LogP contribution in [0.3, 0.4) is 0 Å². The molecule has 3 atom stereocenters. The molecule has 0 aliphatic rings. The maximum absolute atomic E-state index is 13.7. The predicted octanol–water partition coefficient (Wildman–Crippen LogP) is 2.82. The number of aromatic nitrogens is 2. The van der Waals surface area contributed by atoms with Gasteiger partial charge in [0.1, 0.15) is 11.7 Å². The Balaban J connectivity index is 1.75. The summed E-state index contributed by atoms with van der Waals surface area (Å²) in [6.45, 7) is 4.12. The van der Waals surface area contributed by atoms with Crippen LogP contribution in [-0.4, -0.2) is 40.9 Å². The van der Waals surface area contributed by atoms with Gasteiger partial charge in [-0.05, 0) is 48.4 Å². The minimum atomic E-state index is -1.00. The smallest absolute Gasteiger partial charge is 0.243 e. The fourth-order valence-electron chi connectivity index (χ4n) is 3.68. The van der Waals surface area contributed by atoms with Crippen molar-refractivity contribution >= 4 is 22.8 Å². The number of fused-ring (bicyclic) bond motifs is 1. The zero-order valence-corrected chi connectivity index (χ0v) is 18.9. The standard InChI is InChI=1S/C24H29F2N5O2/c1-4-14(2)21(27-3)24(33)31-20(11-15-5-6-18(25)19(26)10-15)23(32)30-13-16-9-17-7-8-28-22(17)29-12-16/h5-10,12,14,20-21,27H,4,11,13H2,1-3H3,(H,28,29)(H,30,32)(H,31,33)/t14?,20-,21+/m0/s1. The molecule has 33 heavy (non-hydrogen) atoms. The van der Waals surface area contributed by atoms with E-state index < -0.39 is 29.6 Å². The molecule has 9 heteroatoms. The second kappa shape index (κ2) is 11.0. The molecule has 4 N–H and O–H groups in total. The molecule has 0 aliphatic carbocycles. The van der Waals surface area contributed by atoms with Gasteiger partial charge in [0.15, 0.2) is 11.6 Å². The molecule has 0 saturated carbocycles. The fourth-order valence-corrected chi connectivity index (χ4v) is 3.68. The summed E-state index contributed by atoms with van der Waals surface area (Å²) in [4.78, 5) is 33.2. The number of carbonyl (C=O) groups excluding carboxylic acids is 2. The lowest BCUT2D eigenvalue weighted by atomic mass is 9.97. The van der Waals surface area contributed by atoms with Crippen LogP contribution in [0.25, 0.3) is 11.0 Å². The third-order valence-electron chi connectivity index (χ3n) is 5.79. The summed E-state index contributed by atoms with van der Waals surface area (Å²) in [6.07, 6.45) is 4.22. The quantitative estimate of drug-likeness (QED) is 0.376. The van der Waals surface area contributed by atoms with Gasteiger partial charge in [-0.2, -0.15) is 0 Å². The highest BCUT2D eigenvalue weighted by atomic mass is 19.2. The van der Waals surface area contributed by atoms with Crippen LogP contribution in [0, 0.1) is 17.6 Å². The topological polar surface area (TPSA) is 98.9 Å². The van der Waals surface area contributed by atoms with Gasteiger partial charge in [0.05, 0.1) is 6.04 Å². The van der Waals surface area contributed by atoms with Gasteiger partial charge in [0, 0.05) is 30.7 Å². The first-order valence-corrected chi connectivity index (χ1v) is 10.9. The number of amides is 2. The third kappa shape index (κ3) is 6.13. The van der Waals surface area contributed by atoms with Crippen LogP contribution in [0.2, 0.25) is 0 Å². The van der Waals surface area contributed by atoms with Crippen molar-refractivity contribution in [2.75, 3.05) is 7.05 Å². The molecule has 1 unspecified atom stereocenters. The van der Waals surface area contributed by atoms with Gasteiger partial charge in [0.2, 0.25) is 11.8 Å². The van der Waals surface area contributed by atoms with E-state index in [4.69, 9.17) is 0 Å². The van der Waals surface area contributed by atoms with Gasteiger partial charge in [-0.25, -0.2) is 13.8 Å². The molecular weight excluding hydrogens is 428 g/mol. The second-order valence-corrected chi connectivity index (χ2v) is 8.14. The lowest BCUT2D eigenvalue weighted by Gasteiger charge is -2.25. The normalized spacial score (nSPS) is 14.0. The van der Waals surface area contributed by atoms with E-state index in [0.29, 0.717) is 5.56 Å². The summed E-state index contributed by atoms with van der Waals surface area (Å²) in [5, 5.41) is 9.49. The third-order valence-corrected chi connectivity index (χ3v) is 5.79. The maximum atomic E-state index is 13.7. The first-order valence-electron chi connectivity index (χ1n) is 10.9. The molecule has 2 aromatic heterocycles. The Hall–Kier alpha value is -3.33. The number of pyridine rings is 1. The highest BCUT2D eigenvalue weighted by Gasteiger charge is 2.28. The molecule has 3 rings (SSSR count). The van der Waals surface area contributed by atoms with Crippen LogP contribution in [0.4, 0.5) is 8.78 Å². The van der Waals surface area contributed by atoms with Gasteiger partial charge in [-0.1, -0.05) is 26.3 Å². The van der Waals surface area contributed by atoms with E-state index in [1.165, 1.54) is 6.07 Å². The van der Waals surface area contributed by atoms with Crippen LogP contribution in [0.5, 0.6) is 0 Å². The summed E-state index contributed by atoms with van der Waals surface area (Å²) in [6, 6.07) is 5.78. The zero-order chi connectivity index (χ0) is 24.0. The van der Waals surface area contributed by atoms with Crippen molar-refractivity contribution in [3.05, 3.63) is 65.5 Å². The number of carbonyl (C=O) groups is 2. The van der Waals surface area contributed by atoms with E-state index in [1.54, 1.807) is 19.4 Å². The average molecular weight is 458 g/mol. The monoisotopic (exact) mass is 457 g/mol. The SMILES string of the molecule is CCC(C)[C@@H](NC)C(=O)N[C@@H](Cc1ccc(F)c(F)c1)C(=O)NCc1cnc2[nH]ccc2c1. The summed E-state index contributed by atoms with van der Waals surface area (Å²) in [5.41, 5.74) is 1.94. The molecule has 3 aromatic rings. The van der Waals surface area contributed by atoms with E-state index >= 15 is 0 Å². The van der Waals surface area contributed by atoms with Gasteiger partial charge in [-0.3, -0.25) is 9.59 Å². The molecule has 176 valence electrons. The van der Waals surface area contributed by atoms with Gasteiger partial charge >= 0.3 is 0 Å². The van der Waals surface area contributed by atoms with Crippen LogP contribution in [0.15, 0.2) is 42.7 Å². The molecule has 0 fully saturated rings. The Kier molecular flexibility index (Phi) is 8.11. The molecule has 0 saturated heterocycles. The van der Waals surface area contributed by atoms with Gasteiger partial charge in [-0.15, -0.1) is 0 Å². The minimum Gasteiger partial charge on any atom is -0.350 e. The molecule has 0 aliphatic heterocycles. The van der Waals surface area contributed by atoms with Crippen LogP contribution in [0.1, 0.15) is 31.4 Å². The molecule has 0 bridgehead atoms. The molecular formula is C24H29F2N5O2. The number of halogens is 2. The maximum Gasteiger partial charge on any atom is 0.243 e. The number of aromatic amines is 1. The highest BCUT2D eigenvalue weighted by molar-refractivity contribution is 5.90. The predicted molar refractivity (Wildman–Crippen MR) is 122 cm³/mol. The summed E-state index contributed by atoms with van der Waals surface area (Å²) in [7, 11) is 1.69. The van der Waals surface area contributed by atoms with Crippen molar-refractivity contribution in [2.45, 2.75) is 45.3 Å². The van der Waals surface area contributed by atoms with Crippen molar-refractivity contribution in [3.63, 3.8) is 0 Å². The number of rotatable bonds is 10. The van der Waals surface area contributed by atoms with E-state index in [9.17, 15) is 18.4 Å². The molecule has 7 nitrogen and oxygen atoms in total. The van der Waals surface area contributed by atoms with Crippen molar-refractivity contribution in [2.24, 2.45) is 5.92 Å². The van der Waals surface area contributed by atoms with E-state index in [1.807, 2.05) is 26.0 Å². The summed E-state index contributed by atoms with van der Waals surface area (Å²) < 4.78 is 27.1. The minimum absolute atomic E-state index is 0.0147. The zero-order valence-electron chi connectivity index (χ0n) is 18.9. The number of H-pyrrole nitrogens is 1. The fraction of sp³-hybridized carbons (Fsp3) is 0.375. The molecule has 0 radical (unpaired) electrons. The second-order valence-electron chi connectivity index (χ2n) is 8.14. The number of nitrogens with one attached hydrogen (secondary N) is 4. The molecule has 2 amide bonds. The van der Waals surface area contributed by atoms with Gasteiger partial charge in [0.25, 0.3) is 0 Å². The number of nitrogens with zero attached hydrogens (tertiary/aromatic N) is 1. The number of hydrogen-bond donors (Lipinski definition) is 4. The Bertz CT molecular complexity index is 1120. The number of benzene rings is 1. The molecule has 0 spiro atoms. The van der Waals surface area contributed by atoms with Crippen LogP contribution < -0.4 is 16.0 Å². The summed E-state index contributed by atoms with van der Waals surface area (Å²) >= 11 is 0. The average Bonchev–Trinajstić information content (AvgIpc) is 3.27. The van der Waals surface area contributed by atoms with E-state index in [2.05, 4.69) is 25.9 Å². The molecule has 2 heterocycles. The Labute approximate surface area is 191 Å². The first-order chi connectivity index (χ1) is 15.8. The lowest BCUT2D eigenvalue weighted by molar-refractivity contribution is -0.130. The number of likely N-dealkylation sites (N-methyl/N-ethyl adjacent to an activating group) is 1. The molecule has 1 aromatic carbocycles. The highest BCUT2D eigenvalue weighted by Crippen LogP contribution is 2.14. The Morgan fingerprint density at radius 1 is 1.09 bits per heavy atom. The van der Waals surface area contributed by atoms with E-state index in [-0.39, 0.29) is 24.8 Å². The van der Waals surface area contributed by atoms with Crippen molar-refractivity contribution in [1.29, 1.82) is 0 Å². The van der Waals surface area contributed by atoms with Crippen molar-refractivity contribution in [3.8, 4) is 0 Å². The Morgan fingerprint density at radius 2 is 1.88 bits per heavy atom. The number of hydrogen-bond acceptors (Lipinski definition) is 4. The summed E-state index contributed by atoms with van der Waals surface area (Å²) in [5.74, 6) is -2.69. The lowest BCUT2D eigenvalue weighted by Crippen LogP contribution is -2.54. The van der Waals surface area contributed by atoms with Crippen LogP contribution >= 0.6 is 0 Å². The largest absolute Gasteiger partial charge is 0.350 e. The Morgan fingerprint density at radius 3 is 2.58 bits per heavy atom.